The van der Waals surface area contributed by atoms with Crippen LogP contribution in [0.2, 0.25) is 0 Å². The van der Waals surface area contributed by atoms with Crippen molar-refractivity contribution >= 4 is 5.69 Å². The molecular formula is C23H39N2O2+. The summed E-state index contributed by atoms with van der Waals surface area (Å²) in [5.41, 5.74) is 1.31. The second kappa shape index (κ2) is 9.90. The number of quaternary nitrogens is 1. The van der Waals surface area contributed by atoms with Crippen LogP contribution in [-0.4, -0.2) is 56.6 Å². The van der Waals surface area contributed by atoms with Crippen molar-refractivity contribution < 1.29 is 14.7 Å². The smallest absolute Gasteiger partial charge is 0.126 e. The first-order valence-corrected chi connectivity index (χ1v) is 11.0. The Labute approximate surface area is 165 Å². The van der Waals surface area contributed by atoms with Crippen LogP contribution in [0.4, 0.5) is 5.69 Å². The van der Waals surface area contributed by atoms with E-state index in [1.54, 1.807) is 0 Å². The molecule has 0 bridgehead atoms. The van der Waals surface area contributed by atoms with Gasteiger partial charge in [-0.25, -0.2) is 0 Å². The molecule has 1 aromatic rings. The number of para-hydroxylation sites is 1. The highest BCUT2D eigenvalue weighted by atomic mass is 16.5. The van der Waals surface area contributed by atoms with Crippen molar-refractivity contribution in [3.63, 3.8) is 0 Å². The van der Waals surface area contributed by atoms with Crippen LogP contribution in [0, 0.1) is 17.8 Å². The van der Waals surface area contributed by atoms with Gasteiger partial charge in [-0.2, -0.15) is 0 Å². The van der Waals surface area contributed by atoms with E-state index in [1.807, 2.05) is 0 Å². The molecular weight excluding hydrogens is 336 g/mol. The third-order valence-corrected chi connectivity index (χ3v) is 6.58. The predicted octanol–water partition coefficient (Wildman–Crippen LogP) is 2.23. The van der Waals surface area contributed by atoms with Gasteiger partial charge in [-0.3, -0.25) is 0 Å². The van der Waals surface area contributed by atoms with Crippen molar-refractivity contribution in [1.82, 2.24) is 0 Å². The maximum atomic E-state index is 10.5. The van der Waals surface area contributed by atoms with Gasteiger partial charge in [-0.05, 0) is 42.7 Å². The molecule has 0 radical (unpaired) electrons. The van der Waals surface area contributed by atoms with Gasteiger partial charge in [0, 0.05) is 5.69 Å². The molecule has 1 aromatic carbocycles. The number of rotatable bonds is 7. The molecule has 4 heteroatoms. The molecule has 1 saturated carbocycles. The van der Waals surface area contributed by atoms with Gasteiger partial charge in [0.25, 0.3) is 0 Å². The zero-order chi connectivity index (χ0) is 19.2. The van der Waals surface area contributed by atoms with E-state index in [9.17, 15) is 5.11 Å². The van der Waals surface area contributed by atoms with Crippen LogP contribution in [0.25, 0.3) is 0 Å². The molecule has 1 saturated heterocycles. The summed E-state index contributed by atoms with van der Waals surface area (Å²) in [5, 5.41) is 10.5. The molecule has 27 heavy (non-hydrogen) atoms. The molecule has 1 aliphatic carbocycles. The minimum absolute atomic E-state index is 0.327. The summed E-state index contributed by atoms with van der Waals surface area (Å²) < 4.78 is 6.25. The van der Waals surface area contributed by atoms with E-state index >= 15 is 0 Å². The Balaban J connectivity index is 1.40. The van der Waals surface area contributed by atoms with E-state index in [0.29, 0.717) is 24.5 Å². The molecule has 2 N–H and O–H groups in total. The van der Waals surface area contributed by atoms with Gasteiger partial charge >= 0.3 is 0 Å². The monoisotopic (exact) mass is 375 g/mol. The number of aliphatic hydroxyl groups excluding tert-OH is 1. The van der Waals surface area contributed by atoms with Crippen molar-refractivity contribution in [2.24, 2.45) is 17.8 Å². The zero-order valence-electron chi connectivity index (χ0n) is 17.4. The maximum absolute atomic E-state index is 10.5. The Morgan fingerprint density at radius 3 is 2.52 bits per heavy atom. The SMILES string of the molecule is CC(C)[C@@H]1CC[C@@H](C)C[C@H]1OC[C@H](O)C[NH+]1CCN(c2ccccc2)CC1. The number of nitrogens with zero attached hydrogens (tertiary/aromatic N) is 1. The standard InChI is InChI=1S/C23H38N2O2/c1-18(2)22-10-9-19(3)15-23(22)27-17-21(26)16-24-11-13-25(14-12-24)20-7-5-4-6-8-20/h4-8,18-19,21-23,26H,9-17H2,1-3H3/p+1/t19-,21-,22+,23-/m1/s1. The predicted molar refractivity (Wildman–Crippen MR) is 111 cm³/mol. The largest absolute Gasteiger partial charge is 0.385 e. The Morgan fingerprint density at radius 2 is 1.85 bits per heavy atom. The lowest BCUT2D eigenvalue weighted by atomic mass is 9.75. The molecule has 2 fully saturated rings. The summed E-state index contributed by atoms with van der Waals surface area (Å²) in [7, 11) is 0. The van der Waals surface area contributed by atoms with E-state index in [2.05, 4.69) is 56.0 Å². The number of benzene rings is 1. The van der Waals surface area contributed by atoms with Crippen LogP contribution < -0.4 is 9.80 Å². The van der Waals surface area contributed by atoms with Gasteiger partial charge in [0.1, 0.15) is 12.6 Å². The van der Waals surface area contributed by atoms with E-state index in [0.717, 1.165) is 45.1 Å². The number of piperazine rings is 1. The minimum Gasteiger partial charge on any atom is -0.385 e. The molecule has 2 aliphatic rings. The van der Waals surface area contributed by atoms with Crippen LogP contribution in [0.1, 0.15) is 40.0 Å². The third-order valence-electron chi connectivity index (χ3n) is 6.58. The summed E-state index contributed by atoms with van der Waals surface area (Å²) in [6, 6.07) is 10.6. The number of anilines is 1. The molecule has 0 amide bonds. The second-order valence-electron chi connectivity index (χ2n) is 9.13. The summed E-state index contributed by atoms with van der Waals surface area (Å²) >= 11 is 0. The van der Waals surface area contributed by atoms with Gasteiger partial charge in [-0.1, -0.05) is 45.4 Å². The highest BCUT2D eigenvalue weighted by molar-refractivity contribution is 5.45. The number of nitrogens with one attached hydrogen (secondary N) is 1. The number of ether oxygens (including phenoxy) is 1. The molecule has 1 aliphatic heterocycles. The second-order valence-corrected chi connectivity index (χ2v) is 9.13. The van der Waals surface area contributed by atoms with Crippen LogP contribution in [0.3, 0.4) is 0 Å². The van der Waals surface area contributed by atoms with E-state index in [-0.39, 0.29) is 6.10 Å². The Bertz CT molecular complexity index is 543. The molecule has 4 nitrogen and oxygen atoms in total. The van der Waals surface area contributed by atoms with Gasteiger partial charge in [0.15, 0.2) is 0 Å². The number of aliphatic hydroxyl groups is 1. The molecule has 4 atom stereocenters. The van der Waals surface area contributed by atoms with Crippen LogP contribution >= 0.6 is 0 Å². The highest BCUT2D eigenvalue weighted by Crippen LogP contribution is 2.35. The Hall–Kier alpha value is -1.10. The fraction of sp³-hybridized carbons (Fsp3) is 0.739. The summed E-state index contributed by atoms with van der Waals surface area (Å²) in [5.74, 6) is 2.06. The maximum Gasteiger partial charge on any atom is 0.126 e. The quantitative estimate of drug-likeness (QED) is 0.767. The lowest BCUT2D eigenvalue weighted by molar-refractivity contribution is -0.903. The molecule has 0 spiro atoms. The molecule has 3 rings (SSSR count). The highest BCUT2D eigenvalue weighted by Gasteiger charge is 2.32. The van der Waals surface area contributed by atoms with Gasteiger partial charge < -0.3 is 19.6 Å². The van der Waals surface area contributed by atoms with Crippen molar-refractivity contribution in [2.75, 3.05) is 44.2 Å². The first-order valence-electron chi connectivity index (χ1n) is 11.0. The van der Waals surface area contributed by atoms with Gasteiger partial charge in [-0.15, -0.1) is 0 Å². The first-order chi connectivity index (χ1) is 13.0. The van der Waals surface area contributed by atoms with Crippen LogP contribution in [-0.2, 0) is 4.74 Å². The van der Waals surface area contributed by atoms with Crippen molar-refractivity contribution in [2.45, 2.75) is 52.2 Å². The normalized spacial score (nSPS) is 28.5. The number of hydrogen-bond donors (Lipinski definition) is 2. The van der Waals surface area contributed by atoms with Crippen molar-refractivity contribution in [3.05, 3.63) is 30.3 Å². The van der Waals surface area contributed by atoms with Crippen molar-refractivity contribution in [3.8, 4) is 0 Å². The lowest BCUT2D eigenvalue weighted by Crippen LogP contribution is -3.16. The van der Waals surface area contributed by atoms with Crippen molar-refractivity contribution in [1.29, 1.82) is 0 Å². The zero-order valence-corrected chi connectivity index (χ0v) is 17.4. The van der Waals surface area contributed by atoms with Gasteiger partial charge in [0.2, 0.25) is 0 Å². The summed E-state index contributed by atoms with van der Waals surface area (Å²) in [4.78, 5) is 3.94. The minimum atomic E-state index is -0.353. The van der Waals surface area contributed by atoms with Crippen LogP contribution in [0.15, 0.2) is 30.3 Å². The molecule has 0 aromatic heterocycles. The lowest BCUT2D eigenvalue weighted by Gasteiger charge is -2.38. The fourth-order valence-corrected chi connectivity index (χ4v) is 4.86. The topological polar surface area (TPSA) is 37.1 Å². The average molecular weight is 376 g/mol. The van der Waals surface area contributed by atoms with E-state index in [1.165, 1.54) is 23.4 Å². The fourth-order valence-electron chi connectivity index (χ4n) is 4.86. The molecule has 0 unspecified atom stereocenters. The molecule has 152 valence electrons. The van der Waals surface area contributed by atoms with Gasteiger partial charge in [0.05, 0.1) is 38.9 Å². The average Bonchev–Trinajstić information content (AvgIpc) is 2.67. The number of hydrogen-bond acceptors (Lipinski definition) is 3. The Morgan fingerprint density at radius 1 is 1.15 bits per heavy atom. The Kier molecular flexibility index (Phi) is 7.57. The van der Waals surface area contributed by atoms with E-state index < -0.39 is 0 Å². The first kappa shape index (κ1) is 20.6. The summed E-state index contributed by atoms with van der Waals surface area (Å²) in [6.45, 7) is 12.5. The van der Waals surface area contributed by atoms with Crippen LogP contribution in [0.5, 0.6) is 0 Å². The summed E-state index contributed by atoms with van der Waals surface area (Å²) in [6.07, 6.45) is 3.72. The molecule has 1 heterocycles. The third kappa shape index (κ3) is 5.94. The van der Waals surface area contributed by atoms with E-state index in [4.69, 9.17) is 4.74 Å².